The third kappa shape index (κ3) is 1.59. The third-order valence-corrected chi connectivity index (χ3v) is 2.00. The van der Waals surface area contributed by atoms with Crippen LogP contribution < -0.4 is 0 Å². The van der Waals surface area contributed by atoms with Gasteiger partial charge in [-0.25, -0.2) is 4.39 Å². The molecule has 0 saturated heterocycles. The zero-order chi connectivity index (χ0) is 9.26. The van der Waals surface area contributed by atoms with Gasteiger partial charge in [0, 0.05) is 0 Å². The van der Waals surface area contributed by atoms with Crippen LogP contribution in [0, 0.1) is 5.82 Å². The van der Waals surface area contributed by atoms with Crippen LogP contribution in [0.3, 0.4) is 0 Å². The molecule has 1 aliphatic carbocycles. The van der Waals surface area contributed by atoms with Gasteiger partial charge in [0.2, 0.25) is 0 Å². The number of allylic oxidation sites excluding steroid dienone is 5. The lowest BCUT2D eigenvalue weighted by Crippen LogP contribution is -1.79. The standard InChI is InChI=1S/C12H9F/c1-9-2-3-11(8-9)10-4-6-12(13)7-5-10/h2-8H,1H2. The fraction of sp³-hybridized carbons (Fsp3) is 0. The lowest BCUT2D eigenvalue weighted by molar-refractivity contribution is 0.627. The summed E-state index contributed by atoms with van der Waals surface area (Å²) in [4.78, 5) is 0. The molecule has 0 N–H and O–H groups in total. The van der Waals surface area contributed by atoms with Crippen molar-refractivity contribution < 1.29 is 4.39 Å². The summed E-state index contributed by atoms with van der Waals surface area (Å²) >= 11 is 0. The molecular formula is C12H9F. The average molecular weight is 172 g/mol. The summed E-state index contributed by atoms with van der Waals surface area (Å²) < 4.78 is 12.6. The van der Waals surface area contributed by atoms with Crippen LogP contribution in [0.4, 0.5) is 4.39 Å². The molecule has 0 nitrogen and oxygen atoms in total. The summed E-state index contributed by atoms with van der Waals surface area (Å²) in [5.74, 6) is -0.204. The van der Waals surface area contributed by atoms with Crippen molar-refractivity contribution in [2.24, 2.45) is 0 Å². The maximum absolute atomic E-state index is 12.6. The number of hydrogen-bond donors (Lipinski definition) is 0. The highest BCUT2D eigenvalue weighted by Gasteiger charge is 2.02. The van der Waals surface area contributed by atoms with E-state index < -0.39 is 0 Å². The molecule has 0 unspecified atom stereocenters. The van der Waals surface area contributed by atoms with E-state index in [0.717, 1.165) is 16.7 Å². The Hall–Kier alpha value is -1.63. The van der Waals surface area contributed by atoms with Gasteiger partial charge < -0.3 is 0 Å². The van der Waals surface area contributed by atoms with E-state index in [9.17, 15) is 4.39 Å². The molecule has 13 heavy (non-hydrogen) atoms. The van der Waals surface area contributed by atoms with Crippen molar-refractivity contribution in [3.63, 3.8) is 0 Å². The van der Waals surface area contributed by atoms with E-state index in [1.807, 2.05) is 18.2 Å². The first-order chi connectivity index (χ1) is 6.25. The number of hydrogen-bond acceptors (Lipinski definition) is 0. The predicted molar refractivity (Wildman–Crippen MR) is 52.7 cm³/mol. The third-order valence-electron chi connectivity index (χ3n) is 2.00. The van der Waals surface area contributed by atoms with Gasteiger partial charge in [-0.05, 0) is 34.9 Å². The predicted octanol–water partition coefficient (Wildman–Crippen LogP) is 3.34. The van der Waals surface area contributed by atoms with Crippen LogP contribution >= 0.6 is 0 Å². The van der Waals surface area contributed by atoms with E-state index in [0.29, 0.717) is 0 Å². The summed E-state index contributed by atoms with van der Waals surface area (Å²) in [6, 6.07) is 6.46. The van der Waals surface area contributed by atoms with Gasteiger partial charge in [0.05, 0.1) is 0 Å². The Bertz CT molecular complexity index is 394. The molecule has 0 saturated carbocycles. The lowest BCUT2D eigenvalue weighted by Gasteiger charge is -1.98. The van der Waals surface area contributed by atoms with Crippen molar-refractivity contribution in [2.45, 2.75) is 0 Å². The summed E-state index contributed by atoms with van der Waals surface area (Å²) in [5.41, 5.74) is 3.10. The second-order valence-electron chi connectivity index (χ2n) is 3.01. The van der Waals surface area contributed by atoms with Gasteiger partial charge in [-0.3, -0.25) is 0 Å². The van der Waals surface area contributed by atoms with Crippen LogP contribution in [-0.4, -0.2) is 0 Å². The number of benzene rings is 1. The highest BCUT2D eigenvalue weighted by Crippen LogP contribution is 2.23. The second kappa shape index (κ2) is 3.02. The van der Waals surface area contributed by atoms with Gasteiger partial charge in [0.25, 0.3) is 0 Å². The van der Waals surface area contributed by atoms with Crippen molar-refractivity contribution in [3.05, 3.63) is 66.0 Å². The van der Waals surface area contributed by atoms with Crippen LogP contribution in [0.15, 0.2) is 54.6 Å². The van der Waals surface area contributed by atoms with Gasteiger partial charge in [-0.15, -0.1) is 0 Å². The summed E-state index contributed by atoms with van der Waals surface area (Å²) in [5, 5.41) is 0. The molecule has 1 aliphatic rings. The Balaban J connectivity index is 2.37. The monoisotopic (exact) mass is 172 g/mol. The van der Waals surface area contributed by atoms with E-state index in [1.165, 1.54) is 12.1 Å². The normalized spacial score (nSPS) is 14.8. The zero-order valence-corrected chi connectivity index (χ0v) is 7.13. The maximum Gasteiger partial charge on any atom is 0.123 e. The van der Waals surface area contributed by atoms with Crippen LogP contribution in [0.1, 0.15) is 5.56 Å². The highest BCUT2D eigenvalue weighted by molar-refractivity contribution is 5.80. The molecule has 0 heterocycles. The maximum atomic E-state index is 12.6. The molecular weight excluding hydrogens is 163 g/mol. The minimum absolute atomic E-state index is 0.204. The van der Waals surface area contributed by atoms with Crippen molar-refractivity contribution in [3.8, 4) is 0 Å². The van der Waals surface area contributed by atoms with E-state index in [-0.39, 0.29) is 5.82 Å². The SMILES string of the molecule is C=C1C=CC(c2ccc(F)cc2)=C1. The molecule has 1 aromatic rings. The topological polar surface area (TPSA) is 0 Å². The van der Waals surface area contributed by atoms with E-state index in [1.54, 1.807) is 12.1 Å². The molecule has 0 radical (unpaired) electrons. The van der Waals surface area contributed by atoms with Crippen molar-refractivity contribution >= 4 is 5.57 Å². The second-order valence-corrected chi connectivity index (χ2v) is 3.01. The first kappa shape index (κ1) is 7.99. The Morgan fingerprint density at radius 1 is 1.00 bits per heavy atom. The minimum Gasteiger partial charge on any atom is -0.207 e. The first-order valence-corrected chi connectivity index (χ1v) is 4.10. The molecule has 1 aromatic carbocycles. The summed E-state index contributed by atoms with van der Waals surface area (Å²) in [6.45, 7) is 3.81. The Labute approximate surface area is 76.7 Å². The quantitative estimate of drug-likeness (QED) is 0.609. The molecule has 0 bridgehead atoms. The number of halogens is 1. The largest absolute Gasteiger partial charge is 0.207 e. The molecule has 0 spiro atoms. The van der Waals surface area contributed by atoms with Gasteiger partial charge in [0.1, 0.15) is 5.82 Å². The van der Waals surface area contributed by atoms with Crippen molar-refractivity contribution in [1.29, 1.82) is 0 Å². The molecule has 0 atom stereocenters. The highest BCUT2D eigenvalue weighted by atomic mass is 19.1. The van der Waals surface area contributed by atoms with Gasteiger partial charge in [-0.2, -0.15) is 0 Å². The molecule has 64 valence electrons. The minimum atomic E-state index is -0.204. The molecule has 1 heteroatoms. The average Bonchev–Trinajstić information content (AvgIpc) is 2.53. The Morgan fingerprint density at radius 3 is 2.23 bits per heavy atom. The van der Waals surface area contributed by atoms with Crippen LogP contribution in [0.5, 0.6) is 0 Å². The summed E-state index contributed by atoms with van der Waals surface area (Å²) in [7, 11) is 0. The zero-order valence-electron chi connectivity index (χ0n) is 7.13. The first-order valence-electron chi connectivity index (χ1n) is 4.10. The van der Waals surface area contributed by atoms with E-state index >= 15 is 0 Å². The molecule has 0 fully saturated rings. The summed E-state index contributed by atoms with van der Waals surface area (Å²) in [6.07, 6.45) is 5.90. The fourth-order valence-electron chi connectivity index (χ4n) is 1.31. The molecule has 2 rings (SSSR count). The lowest BCUT2D eigenvalue weighted by atomic mass is 10.1. The van der Waals surface area contributed by atoms with Crippen LogP contribution in [0.2, 0.25) is 0 Å². The molecule has 0 aromatic heterocycles. The molecule has 0 aliphatic heterocycles. The number of rotatable bonds is 1. The molecule has 0 amide bonds. The Kier molecular flexibility index (Phi) is 1.85. The Morgan fingerprint density at radius 2 is 1.69 bits per heavy atom. The van der Waals surface area contributed by atoms with E-state index in [4.69, 9.17) is 0 Å². The fourth-order valence-corrected chi connectivity index (χ4v) is 1.31. The smallest absolute Gasteiger partial charge is 0.123 e. The van der Waals surface area contributed by atoms with Crippen LogP contribution in [0.25, 0.3) is 5.57 Å². The van der Waals surface area contributed by atoms with Crippen molar-refractivity contribution in [2.75, 3.05) is 0 Å². The van der Waals surface area contributed by atoms with Gasteiger partial charge in [-0.1, -0.05) is 30.9 Å². The van der Waals surface area contributed by atoms with Gasteiger partial charge >= 0.3 is 0 Å². The van der Waals surface area contributed by atoms with Crippen molar-refractivity contribution in [1.82, 2.24) is 0 Å². The van der Waals surface area contributed by atoms with Gasteiger partial charge in [0.15, 0.2) is 0 Å². The van der Waals surface area contributed by atoms with Crippen LogP contribution in [-0.2, 0) is 0 Å². The van der Waals surface area contributed by atoms with E-state index in [2.05, 4.69) is 6.58 Å².